The predicted molar refractivity (Wildman–Crippen MR) is 182 cm³/mol. The third-order valence-electron chi connectivity index (χ3n) is 9.54. The summed E-state index contributed by atoms with van der Waals surface area (Å²) in [6.07, 6.45) is 4.61. The van der Waals surface area contributed by atoms with Gasteiger partial charge in [-0.2, -0.15) is 0 Å². The zero-order chi connectivity index (χ0) is 28.7. The normalized spacial score (nSPS) is 14.3. The Kier molecular flexibility index (Phi) is 4.99. The Hall–Kier alpha value is -5.34. The van der Waals surface area contributed by atoms with Crippen LogP contribution in [0.4, 0.5) is 17.1 Å². The third kappa shape index (κ3) is 3.35. The van der Waals surface area contributed by atoms with Crippen LogP contribution in [0.1, 0.15) is 36.1 Å². The van der Waals surface area contributed by atoms with Crippen LogP contribution in [0.5, 0.6) is 0 Å². The summed E-state index contributed by atoms with van der Waals surface area (Å²) in [5.41, 5.74) is 15.0. The lowest BCUT2D eigenvalue weighted by Gasteiger charge is -2.29. The van der Waals surface area contributed by atoms with Gasteiger partial charge in [-0.05, 0) is 70.3 Å². The second kappa shape index (κ2) is 8.83. The SMILES string of the molecule is CC1(C)c2ccccc2-c2ccc(N3c4ccccc4C=Cc4c3ccc3c5ccccc5n(-c5ccccc5)c43)cc21. The van der Waals surface area contributed by atoms with Crippen LogP contribution in [-0.2, 0) is 5.41 Å². The zero-order valence-electron chi connectivity index (χ0n) is 24.3. The number of fused-ring (bicyclic) bond motifs is 9. The summed E-state index contributed by atoms with van der Waals surface area (Å²) >= 11 is 0. The minimum atomic E-state index is -0.0714. The highest BCUT2D eigenvalue weighted by atomic mass is 15.2. The van der Waals surface area contributed by atoms with Crippen LogP contribution in [-0.4, -0.2) is 4.57 Å². The van der Waals surface area contributed by atoms with Gasteiger partial charge in [-0.15, -0.1) is 0 Å². The fourth-order valence-corrected chi connectivity index (χ4v) is 7.52. The van der Waals surface area contributed by atoms with Gasteiger partial charge in [0.25, 0.3) is 0 Å². The summed E-state index contributed by atoms with van der Waals surface area (Å²) in [5, 5.41) is 2.53. The van der Waals surface area contributed by atoms with E-state index in [0.717, 1.165) is 0 Å². The van der Waals surface area contributed by atoms with E-state index >= 15 is 0 Å². The molecule has 0 fully saturated rings. The Morgan fingerprint density at radius 2 is 1.26 bits per heavy atom. The summed E-state index contributed by atoms with van der Waals surface area (Å²) in [4.78, 5) is 2.47. The van der Waals surface area contributed by atoms with E-state index in [1.54, 1.807) is 0 Å². The minimum absolute atomic E-state index is 0.0714. The van der Waals surface area contributed by atoms with Crippen molar-refractivity contribution in [2.24, 2.45) is 0 Å². The molecule has 1 aliphatic carbocycles. The molecule has 2 aliphatic rings. The monoisotopic (exact) mass is 550 g/mol. The van der Waals surface area contributed by atoms with Crippen LogP contribution in [0.2, 0.25) is 0 Å². The van der Waals surface area contributed by atoms with Gasteiger partial charge in [-0.1, -0.05) is 117 Å². The lowest BCUT2D eigenvalue weighted by atomic mass is 9.82. The van der Waals surface area contributed by atoms with Gasteiger partial charge in [-0.3, -0.25) is 0 Å². The van der Waals surface area contributed by atoms with Crippen molar-refractivity contribution in [2.75, 3.05) is 4.90 Å². The van der Waals surface area contributed by atoms with Crippen LogP contribution in [0.15, 0.2) is 133 Å². The van der Waals surface area contributed by atoms with Crippen LogP contribution in [0, 0.1) is 0 Å². The maximum absolute atomic E-state index is 2.47. The summed E-state index contributed by atoms with van der Waals surface area (Å²) in [6, 6.07) is 48.9. The van der Waals surface area contributed by atoms with Crippen molar-refractivity contribution in [3.8, 4) is 16.8 Å². The van der Waals surface area contributed by atoms with E-state index in [9.17, 15) is 0 Å². The molecule has 43 heavy (non-hydrogen) atoms. The quantitative estimate of drug-likeness (QED) is 0.208. The molecule has 0 bridgehead atoms. The number of hydrogen-bond donors (Lipinski definition) is 0. The van der Waals surface area contributed by atoms with Crippen molar-refractivity contribution in [2.45, 2.75) is 19.3 Å². The first kappa shape index (κ1) is 24.3. The second-order valence-electron chi connectivity index (χ2n) is 12.2. The molecular weight excluding hydrogens is 520 g/mol. The molecule has 0 atom stereocenters. The Balaban J connectivity index is 1.36. The molecule has 204 valence electrons. The number of para-hydroxylation sites is 3. The molecule has 0 saturated carbocycles. The number of aromatic nitrogens is 1. The maximum atomic E-state index is 2.47. The molecule has 2 nitrogen and oxygen atoms in total. The van der Waals surface area contributed by atoms with E-state index in [4.69, 9.17) is 0 Å². The molecule has 2 heteroatoms. The first-order chi connectivity index (χ1) is 21.1. The largest absolute Gasteiger partial charge is 0.309 e. The highest BCUT2D eigenvalue weighted by molar-refractivity contribution is 6.15. The molecule has 1 aliphatic heterocycles. The number of hydrogen-bond acceptors (Lipinski definition) is 1. The van der Waals surface area contributed by atoms with Gasteiger partial charge in [0.15, 0.2) is 0 Å². The van der Waals surface area contributed by atoms with Crippen molar-refractivity contribution in [1.29, 1.82) is 0 Å². The van der Waals surface area contributed by atoms with Gasteiger partial charge in [-0.25, -0.2) is 0 Å². The lowest BCUT2D eigenvalue weighted by Crippen LogP contribution is -2.17. The molecule has 0 spiro atoms. The Morgan fingerprint density at radius 1 is 0.512 bits per heavy atom. The highest BCUT2D eigenvalue weighted by Gasteiger charge is 2.36. The Morgan fingerprint density at radius 3 is 2.16 bits per heavy atom. The number of rotatable bonds is 2. The van der Waals surface area contributed by atoms with Crippen molar-refractivity contribution in [3.63, 3.8) is 0 Å². The summed E-state index contributed by atoms with van der Waals surface area (Å²) in [7, 11) is 0. The van der Waals surface area contributed by atoms with Gasteiger partial charge >= 0.3 is 0 Å². The van der Waals surface area contributed by atoms with Crippen molar-refractivity contribution < 1.29 is 0 Å². The molecule has 9 rings (SSSR count). The van der Waals surface area contributed by atoms with E-state index in [1.807, 2.05) is 0 Å². The molecular formula is C41H30N2. The van der Waals surface area contributed by atoms with Gasteiger partial charge in [0, 0.05) is 33.1 Å². The average Bonchev–Trinajstić information content (AvgIpc) is 3.43. The topological polar surface area (TPSA) is 8.17 Å². The van der Waals surface area contributed by atoms with E-state index in [0.29, 0.717) is 0 Å². The minimum Gasteiger partial charge on any atom is -0.309 e. The van der Waals surface area contributed by atoms with E-state index in [1.165, 1.54) is 77.9 Å². The van der Waals surface area contributed by atoms with Gasteiger partial charge in [0.2, 0.25) is 0 Å². The molecule has 0 radical (unpaired) electrons. The second-order valence-corrected chi connectivity index (χ2v) is 12.2. The van der Waals surface area contributed by atoms with Gasteiger partial charge < -0.3 is 9.47 Å². The molecule has 0 unspecified atom stereocenters. The maximum Gasteiger partial charge on any atom is 0.0634 e. The van der Waals surface area contributed by atoms with Crippen LogP contribution >= 0.6 is 0 Å². The fourth-order valence-electron chi connectivity index (χ4n) is 7.52. The standard InChI is InChI=1S/C41H30N2/c1-41(2)35-17-9-7-15-30(35)31-23-21-29(26-36(31)41)42-37-18-10-6-12-27(37)20-22-34-39(42)25-24-33-32-16-8-11-19-38(32)43(40(33)34)28-13-4-3-5-14-28/h3-26H,1-2H3. The van der Waals surface area contributed by atoms with Crippen molar-refractivity contribution in [3.05, 3.63) is 156 Å². The molecule has 1 aromatic heterocycles. The smallest absolute Gasteiger partial charge is 0.0634 e. The molecule has 0 amide bonds. The number of benzene rings is 6. The van der Waals surface area contributed by atoms with E-state index < -0.39 is 0 Å². The fraction of sp³-hybridized carbons (Fsp3) is 0.0732. The number of anilines is 3. The van der Waals surface area contributed by atoms with Crippen LogP contribution < -0.4 is 4.90 Å². The van der Waals surface area contributed by atoms with Crippen molar-refractivity contribution in [1.82, 2.24) is 4.57 Å². The van der Waals surface area contributed by atoms with E-state index in [2.05, 4.69) is 169 Å². The molecule has 6 aromatic carbocycles. The molecule has 2 heterocycles. The Labute approximate surface area is 251 Å². The van der Waals surface area contributed by atoms with Crippen LogP contribution in [0.3, 0.4) is 0 Å². The average molecular weight is 551 g/mol. The molecule has 0 saturated heterocycles. The number of nitrogens with zero attached hydrogens (tertiary/aromatic N) is 2. The predicted octanol–water partition coefficient (Wildman–Crippen LogP) is 11.0. The summed E-state index contributed by atoms with van der Waals surface area (Å²) < 4.78 is 2.43. The first-order valence-corrected chi connectivity index (χ1v) is 15.0. The summed E-state index contributed by atoms with van der Waals surface area (Å²) in [6.45, 7) is 4.71. The summed E-state index contributed by atoms with van der Waals surface area (Å²) in [5.74, 6) is 0. The molecule has 0 N–H and O–H groups in total. The van der Waals surface area contributed by atoms with Gasteiger partial charge in [0.1, 0.15) is 0 Å². The van der Waals surface area contributed by atoms with Gasteiger partial charge in [0.05, 0.1) is 22.4 Å². The Bertz CT molecular complexity index is 2270. The van der Waals surface area contributed by atoms with E-state index in [-0.39, 0.29) is 5.41 Å². The molecule has 7 aromatic rings. The van der Waals surface area contributed by atoms with Crippen LogP contribution in [0.25, 0.3) is 50.8 Å². The lowest BCUT2D eigenvalue weighted by molar-refractivity contribution is 0.660. The first-order valence-electron chi connectivity index (χ1n) is 15.0. The highest BCUT2D eigenvalue weighted by Crippen LogP contribution is 2.52. The third-order valence-corrected chi connectivity index (χ3v) is 9.54. The zero-order valence-corrected chi connectivity index (χ0v) is 24.3. The van der Waals surface area contributed by atoms with Crippen molar-refractivity contribution >= 4 is 51.0 Å².